The molecule has 1 amide bonds. The molecule has 0 saturated heterocycles. The van der Waals surface area contributed by atoms with Crippen LogP contribution in [0.3, 0.4) is 0 Å². The van der Waals surface area contributed by atoms with Crippen LogP contribution in [0.1, 0.15) is 58.7 Å². The lowest BCUT2D eigenvalue weighted by Crippen LogP contribution is -2.32. The first-order chi connectivity index (χ1) is 15.5. The molecule has 168 valence electrons. The molecule has 0 fully saturated rings. The predicted octanol–water partition coefficient (Wildman–Crippen LogP) is 4.79. The molecule has 0 aliphatic rings. The quantitative estimate of drug-likeness (QED) is 0.348. The van der Waals surface area contributed by atoms with Crippen molar-refractivity contribution < 1.29 is 18.8 Å². The average molecular weight is 454 g/mol. The molecule has 32 heavy (non-hydrogen) atoms. The summed E-state index contributed by atoms with van der Waals surface area (Å²) in [4.78, 5) is 29.4. The summed E-state index contributed by atoms with van der Waals surface area (Å²) in [6.45, 7) is 5.43. The first kappa shape index (κ1) is 23.5. The zero-order valence-electron chi connectivity index (χ0n) is 18.5. The molecule has 0 aliphatic heterocycles. The summed E-state index contributed by atoms with van der Waals surface area (Å²) < 4.78 is 10.5. The molecule has 3 rings (SSSR count). The lowest BCUT2D eigenvalue weighted by molar-refractivity contribution is -0.125. The number of amides is 1. The molecule has 0 bridgehead atoms. The molecule has 2 aromatic heterocycles. The van der Waals surface area contributed by atoms with Crippen LogP contribution in [0.25, 0.3) is 0 Å². The molecule has 8 heteroatoms. The van der Waals surface area contributed by atoms with Crippen LogP contribution < -0.4 is 5.32 Å². The summed E-state index contributed by atoms with van der Waals surface area (Å²) in [7, 11) is 0. The summed E-state index contributed by atoms with van der Waals surface area (Å²) in [5.41, 5.74) is 3.14. The van der Waals surface area contributed by atoms with E-state index in [0.29, 0.717) is 16.3 Å². The minimum absolute atomic E-state index is 0.119. The number of aryl methyl sites for hydroxylation is 2. The Bertz CT molecular complexity index is 1030. The van der Waals surface area contributed by atoms with Crippen molar-refractivity contribution in [2.75, 3.05) is 6.61 Å². The molecule has 0 saturated carbocycles. The van der Waals surface area contributed by atoms with Gasteiger partial charge < -0.3 is 14.6 Å². The number of nitrogens with zero attached hydrogens (tertiary/aromatic N) is 2. The Balaban J connectivity index is 1.59. The number of esters is 1. The number of aromatic nitrogens is 2. The van der Waals surface area contributed by atoms with Gasteiger partial charge in [0.1, 0.15) is 10.8 Å². The van der Waals surface area contributed by atoms with E-state index in [2.05, 4.69) is 22.4 Å². The van der Waals surface area contributed by atoms with E-state index in [9.17, 15) is 9.59 Å². The summed E-state index contributed by atoms with van der Waals surface area (Å²) in [6.07, 6.45) is 3.34. The second-order valence-corrected chi connectivity index (χ2v) is 8.31. The SMILES string of the molecule is CCCC(NC(=O)COC(=O)c1cccnc1SCc1c(C)noc1C)c1ccccc1. The Morgan fingerprint density at radius 1 is 1.16 bits per heavy atom. The fraction of sp³-hybridized carbons (Fsp3) is 0.333. The van der Waals surface area contributed by atoms with Crippen LogP contribution >= 0.6 is 11.8 Å². The maximum atomic E-state index is 12.7. The minimum Gasteiger partial charge on any atom is -0.452 e. The van der Waals surface area contributed by atoms with Crippen LogP contribution in [0, 0.1) is 13.8 Å². The molecule has 0 radical (unpaired) electrons. The van der Waals surface area contributed by atoms with E-state index < -0.39 is 5.97 Å². The van der Waals surface area contributed by atoms with Crippen molar-refractivity contribution in [3.8, 4) is 0 Å². The van der Waals surface area contributed by atoms with Crippen molar-refractivity contribution in [2.24, 2.45) is 0 Å². The highest BCUT2D eigenvalue weighted by Crippen LogP contribution is 2.27. The lowest BCUT2D eigenvalue weighted by atomic mass is 10.0. The fourth-order valence-corrected chi connectivity index (χ4v) is 4.39. The normalized spacial score (nSPS) is 11.7. The third-order valence-electron chi connectivity index (χ3n) is 4.97. The average Bonchev–Trinajstić information content (AvgIpc) is 3.13. The highest BCUT2D eigenvalue weighted by molar-refractivity contribution is 7.98. The molecule has 0 spiro atoms. The van der Waals surface area contributed by atoms with Gasteiger partial charge in [-0.2, -0.15) is 0 Å². The first-order valence-electron chi connectivity index (χ1n) is 10.5. The van der Waals surface area contributed by atoms with Gasteiger partial charge in [0.05, 0.1) is 17.3 Å². The van der Waals surface area contributed by atoms with Gasteiger partial charge >= 0.3 is 5.97 Å². The number of nitrogens with one attached hydrogen (secondary N) is 1. The second-order valence-electron chi connectivity index (χ2n) is 7.34. The van der Waals surface area contributed by atoms with Crippen molar-refractivity contribution in [3.63, 3.8) is 0 Å². The Morgan fingerprint density at radius 2 is 1.94 bits per heavy atom. The largest absolute Gasteiger partial charge is 0.452 e. The molecule has 1 N–H and O–H groups in total. The van der Waals surface area contributed by atoms with Crippen LogP contribution in [0.15, 0.2) is 58.2 Å². The number of benzene rings is 1. The van der Waals surface area contributed by atoms with Crippen molar-refractivity contribution >= 4 is 23.6 Å². The third-order valence-corrected chi connectivity index (χ3v) is 6.01. The number of ether oxygens (including phenoxy) is 1. The van der Waals surface area contributed by atoms with Gasteiger partial charge in [0.15, 0.2) is 6.61 Å². The topological polar surface area (TPSA) is 94.3 Å². The highest BCUT2D eigenvalue weighted by Gasteiger charge is 2.19. The van der Waals surface area contributed by atoms with E-state index in [1.54, 1.807) is 18.3 Å². The number of carbonyl (C=O) groups is 2. The summed E-state index contributed by atoms with van der Waals surface area (Å²) >= 11 is 1.40. The Kier molecular flexibility index (Phi) is 8.44. The molecule has 1 unspecified atom stereocenters. The Labute approximate surface area is 191 Å². The van der Waals surface area contributed by atoms with Crippen LogP contribution in [0.2, 0.25) is 0 Å². The van der Waals surface area contributed by atoms with E-state index in [-0.39, 0.29) is 18.6 Å². The van der Waals surface area contributed by atoms with Crippen molar-refractivity contribution in [1.82, 2.24) is 15.5 Å². The van der Waals surface area contributed by atoms with E-state index in [1.165, 1.54) is 11.8 Å². The number of rotatable bonds is 10. The maximum Gasteiger partial charge on any atom is 0.341 e. The van der Waals surface area contributed by atoms with E-state index in [1.807, 2.05) is 44.2 Å². The lowest BCUT2D eigenvalue weighted by Gasteiger charge is -2.18. The Morgan fingerprint density at radius 3 is 2.62 bits per heavy atom. The highest BCUT2D eigenvalue weighted by atomic mass is 32.2. The van der Waals surface area contributed by atoms with E-state index in [4.69, 9.17) is 9.26 Å². The van der Waals surface area contributed by atoms with Gasteiger partial charge in [-0.25, -0.2) is 9.78 Å². The first-order valence-corrected chi connectivity index (χ1v) is 11.5. The number of hydrogen-bond donors (Lipinski definition) is 1. The third kappa shape index (κ3) is 6.20. The Hall–Kier alpha value is -3.13. The van der Waals surface area contributed by atoms with E-state index in [0.717, 1.165) is 35.4 Å². The zero-order valence-corrected chi connectivity index (χ0v) is 19.3. The molecule has 0 aliphatic carbocycles. The van der Waals surface area contributed by atoms with Crippen molar-refractivity contribution in [2.45, 2.75) is 50.4 Å². The van der Waals surface area contributed by atoms with Gasteiger partial charge in [-0.3, -0.25) is 4.79 Å². The fourth-order valence-electron chi connectivity index (χ4n) is 3.25. The molecule has 3 aromatic rings. The number of hydrogen-bond acceptors (Lipinski definition) is 7. The summed E-state index contributed by atoms with van der Waals surface area (Å²) in [5, 5.41) is 7.44. The standard InChI is InChI=1S/C24H27N3O4S/c1-4-9-21(18-10-6-5-7-11-18)26-22(28)14-30-24(29)19-12-8-13-25-23(19)32-15-20-16(2)27-31-17(20)3/h5-8,10-13,21H,4,9,14-15H2,1-3H3,(H,26,28). The smallest absolute Gasteiger partial charge is 0.341 e. The predicted molar refractivity (Wildman–Crippen MR) is 122 cm³/mol. The van der Waals surface area contributed by atoms with Crippen LogP contribution in [0.4, 0.5) is 0 Å². The van der Waals surface area contributed by atoms with E-state index >= 15 is 0 Å². The van der Waals surface area contributed by atoms with Crippen molar-refractivity contribution in [3.05, 3.63) is 76.8 Å². The molecule has 7 nitrogen and oxygen atoms in total. The van der Waals surface area contributed by atoms with Crippen LogP contribution in [-0.2, 0) is 15.3 Å². The van der Waals surface area contributed by atoms with Gasteiger partial charge in [-0.15, -0.1) is 11.8 Å². The number of thioether (sulfide) groups is 1. The second kappa shape index (κ2) is 11.5. The summed E-state index contributed by atoms with van der Waals surface area (Å²) in [5.74, 6) is 0.386. The van der Waals surface area contributed by atoms with Crippen LogP contribution in [0.5, 0.6) is 0 Å². The van der Waals surface area contributed by atoms with Gasteiger partial charge in [0.2, 0.25) is 0 Å². The van der Waals surface area contributed by atoms with Crippen molar-refractivity contribution in [1.29, 1.82) is 0 Å². The van der Waals surface area contributed by atoms with Gasteiger partial charge in [0.25, 0.3) is 5.91 Å². The maximum absolute atomic E-state index is 12.7. The monoisotopic (exact) mass is 453 g/mol. The number of carbonyl (C=O) groups excluding carboxylic acids is 2. The van der Waals surface area contributed by atoms with Gasteiger partial charge in [-0.1, -0.05) is 48.8 Å². The molecule has 2 heterocycles. The summed E-state index contributed by atoms with van der Waals surface area (Å²) in [6, 6.07) is 13.0. The molecular formula is C24H27N3O4S. The van der Waals surface area contributed by atoms with Gasteiger partial charge in [-0.05, 0) is 38.0 Å². The van der Waals surface area contributed by atoms with Gasteiger partial charge in [0, 0.05) is 17.5 Å². The molecular weight excluding hydrogens is 426 g/mol. The van der Waals surface area contributed by atoms with Crippen LogP contribution in [-0.4, -0.2) is 28.6 Å². The zero-order chi connectivity index (χ0) is 22.9. The molecule has 1 aromatic carbocycles. The number of pyridine rings is 1. The molecule has 1 atom stereocenters. The minimum atomic E-state index is -0.582.